The molecule has 2 heterocycles. The molecule has 0 radical (unpaired) electrons. The number of para-hydroxylation sites is 1. The van der Waals surface area contributed by atoms with Crippen molar-refractivity contribution in [3.63, 3.8) is 0 Å². The summed E-state index contributed by atoms with van der Waals surface area (Å²) in [5, 5.41) is 11.9. The molecule has 0 fully saturated rings. The van der Waals surface area contributed by atoms with Crippen LogP contribution in [0.1, 0.15) is 85.6 Å². The molecule has 9 rings (SSSR count). The molecule has 0 amide bonds. The molecule has 1 N–H and O–H groups in total. The van der Waals surface area contributed by atoms with Crippen LogP contribution in [0.15, 0.2) is 158 Å². The second kappa shape index (κ2) is 17.3. The fraction of sp³-hybridized carbons (Fsp3) is 0.186. The van der Waals surface area contributed by atoms with E-state index < -0.39 is 32.8 Å². The Morgan fingerprint density at radius 1 is 0.578 bits per heavy atom. The quantitative estimate of drug-likeness (QED) is 0.162. The fourth-order valence-electron chi connectivity index (χ4n) is 8.30. The number of fused-ring (bicyclic) bond motifs is 1. The van der Waals surface area contributed by atoms with Gasteiger partial charge in [0.2, 0.25) is 0 Å². The number of benzene rings is 7. The summed E-state index contributed by atoms with van der Waals surface area (Å²) in [6, 6.07) is 49.6. The van der Waals surface area contributed by atoms with E-state index in [1.807, 2.05) is 115 Å². The first-order valence-corrected chi connectivity index (χ1v) is 20.9. The van der Waals surface area contributed by atoms with Crippen LogP contribution in [0.2, 0.25) is 0 Å². The van der Waals surface area contributed by atoms with Crippen molar-refractivity contribution in [2.24, 2.45) is 0 Å². The van der Waals surface area contributed by atoms with E-state index in [0.717, 1.165) is 27.8 Å². The van der Waals surface area contributed by atoms with E-state index in [4.69, 9.17) is 26.4 Å². The zero-order chi connectivity index (χ0) is 54.2. The van der Waals surface area contributed by atoms with Gasteiger partial charge in [0.15, 0.2) is 0 Å². The number of phenols is 1. The van der Waals surface area contributed by atoms with Crippen LogP contribution in [0.3, 0.4) is 0 Å². The molecule has 2 aromatic heterocycles. The third kappa shape index (κ3) is 8.65. The second-order valence-electron chi connectivity index (χ2n) is 17.3. The molecule has 0 saturated heterocycles. The van der Waals surface area contributed by atoms with Gasteiger partial charge in [0, 0.05) is 55.0 Å². The van der Waals surface area contributed by atoms with Crippen LogP contribution < -0.4 is 0 Å². The largest absolute Gasteiger partial charge is 0.507 e. The van der Waals surface area contributed by atoms with Crippen LogP contribution in [-0.4, -0.2) is 19.6 Å². The van der Waals surface area contributed by atoms with Crippen molar-refractivity contribution in [3.05, 3.63) is 192 Å². The summed E-state index contributed by atoms with van der Waals surface area (Å²) >= 11 is 0. The van der Waals surface area contributed by atoms with Crippen molar-refractivity contribution in [2.75, 3.05) is 0 Å². The van der Waals surface area contributed by atoms with Crippen molar-refractivity contribution >= 4 is 11.0 Å². The Morgan fingerprint density at radius 2 is 1.25 bits per heavy atom. The fourth-order valence-corrected chi connectivity index (χ4v) is 8.30. The monoisotopic (exact) mass is 1030 g/mol. The van der Waals surface area contributed by atoms with Gasteiger partial charge in [-0.2, -0.15) is 0 Å². The van der Waals surface area contributed by atoms with Crippen LogP contribution in [0, 0.1) is 26.8 Å². The molecule has 0 spiro atoms. The molecule has 0 aliphatic heterocycles. The maximum Gasteiger partial charge on any atom is 0.148 e. The van der Waals surface area contributed by atoms with Crippen molar-refractivity contribution < 1.29 is 42.6 Å². The Hall–Kier alpha value is -6.35. The Balaban J connectivity index is 0.00000765. The molecular weight excluding hydrogens is 962 g/mol. The Bertz CT molecular complexity index is 3570. The van der Waals surface area contributed by atoms with Gasteiger partial charge in [-0.25, -0.2) is 4.98 Å². The molecule has 0 unspecified atom stereocenters. The molecule has 5 heteroatoms. The first-order chi connectivity index (χ1) is 35.1. The third-order valence-electron chi connectivity index (χ3n) is 11.6. The number of aryl methyl sites for hydroxylation is 3. The summed E-state index contributed by atoms with van der Waals surface area (Å²) in [5.41, 5.74) is 8.57. The van der Waals surface area contributed by atoms with Gasteiger partial charge in [-0.3, -0.25) is 9.55 Å². The van der Waals surface area contributed by atoms with Crippen molar-refractivity contribution in [1.82, 2.24) is 14.5 Å². The zero-order valence-corrected chi connectivity index (χ0v) is 38.4. The molecular formula is C59H54N3OPt-. The number of hydrogen-bond acceptors (Lipinski definition) is 3. The third-order valence-corrected chi connectivity index (χ3v) is 11.6. The van der Waals surface area contributed by atoms with Gasteiger partial charge in [0.1, 0.15) is 11.6 Å². The summed E-state index contributed by atoms with van der Waals surface area (Å²) in [6.45, 7) is -2.38. The number of nitrogens with zero attached hydrogens (tertiary/aromatic N) is 3. The first kappa shape index (κ1) is 31.5. The Labute approximate surface area is 409 Å². The first-order valence-electron chi connectivity index (χ1n) is 26.9. The minimum atomic E-state index is -3.40. The maximum absolute atomic E-state index is 11.9. The van der Waals surface area contributed by atoms with Crippen LogP contribution in [0.4, 0.5) is 0 Å². The van der Waals surface area contributed by atoms with E-state index in [0.29, 0.717) is 72.7 Å². The number of phenolic OH excluding ortho intramolecular Hbond substituents is 1. The molecule has 9 aromatic rings. The van der Waals surface area contributed by atoms with Crippen molar-refractivity contribution in [2.45, 2.75) is 72.9 Å². The summed E-state index contributed by atoms with van der Waals surface area (Å²) in [6.07, 6.45) is 1.62. The van der Waals surface area contributed by atoms with Crippen LogP contribution in [0.25, 0.3) is 83.9 Å². The van der Waals surface area contributed by atoms with Gasteiger partial charge in [0.25, 0.3) is 0 Å². The maximum atomic E-state index is 11.9. The molecule has 0 aliphatic carbocycles. The van der Waals surface area contributed by atoms with E-state index in [-0.39, 0.29) is 43.4 Å². The topological polar surface area (TPSA) is 50.9 Å². The predicted molar refractivity (Wildman–Crippen MR) is 264 cm³/mol. The number of imidazole rings is 1. The average molecular weight is 1030 g/mol. The molecule has 0 saturated carbocycles. The van der Waals surface area contributed by atoms with Gasteiger partial charge < -0.3 is 5.11 Å². The van der Waals surface area contributed by atoms with Crippen LogP contribution in [0.5, 0.6) is 5.75 Å². The normalized spacial score (nSPS) is 15.3. The van der Waals surface area contributed by atoms with E-state index >= 15 is 0 Å². The van der Waals surface area contributed by atoms with Crippen molar-refractivity contribution in [1.29, 1.82) is 0 Å². The minimum Gasteiger partial charge on any atom is -0.507 e. The molecule has 0 aliphatic rings. The number of pyridine rings is 1. The van der Waals surface area contributed by atoms with E-state index in [1.54, 1.807) is 24.4 Å². The Morgan fingerprint density at radius 3 is 1.95 bits per heavy atom. The molecule has 0 bridgehead atoms. The summed E-state index contributed by atoms with van der Waals surface area (Å²) in [4.78, 5) is 10.2. The molecule has 4 nitrogen and oxygen atoms in total. The smallest absolute Gasteiger partial charge is 0.148 e. The van der Waals surface area contributed by atoms with Crippen molar-refractivity contribution in [3.8, 4) is 78.6 Å². The van der Waals surface area contributed by atoms with Gasteiger partial charge >= 0.3 is 0 Å². The summed E-state index contributed by atoms with van der Waals surface area (Å²) < 4.78 is 101. The average Bonchev–Trinajstić information content (AvgIpc) is 3.85. The molecule has 64 heavy (non-hydrogen) atoms. The SMILES string of the molecule is [2H]C([2H])([2H])c1ccc(-n2c(-c3cc(C)cc(C)c3O)nc3c(-c4[c-]c(-c5cc(-c6ccc(C(C([2H])([2H])[2H])(C([2H])([2H])[2H])C([2H])([2H])[2H])cc6)ccn5)cc(-c5ccccc5)c4)cccc32)c(-c2ccc(C(C)(C)C)cc2)c1.[Pt]. The van der Waals surface area contributed by atoms with Gasteiger partial charge in [-0.1, -0.05) is 173 Å². The van der Waals surface area contributed by atoms with Gasteiger partial charge in [-0.05, 0) is 106 Å². The molecule has 7 aromatic carbocycles. The predicted octanol–water partition coefficient (Wildman–Crippen LogP) is 15.4. The van der Waals surface area contributed by atoms with Crippen LogP contribution >= 0.6 is 0 Å². The van der Waals surface area contributed by atoms with E-state index in [2.05, 4.69) is 39.0 Å². The number of rotatable bonds is 7. The van der Waals surface area contributed by atoms with Gasteiger partial charge in [-0.15, -0.1) is 23.8 Å². The molecule has 0 atom stereocenters. The van der Waals surface area contributed by atoms with Gasteiger partial charge in [0.05, 0.1) is 22.3 Å². The Kier molecular flexibility index (Phi) is 8.52. The minimum absolute atomic E-state index is 0. The second-order valence-corrected chi connectivity index (χ2v) is 17.3. The van der Waals surface area contributed by atoms with E-state index in [1.165, 1.54) is 24.3 Å². The number of aromatic nitrogens is 3. The summed E-state index contributed by atoms with van der Waals surface area (Å²) in [7, 11) is 0. The standard InChI is InChI=1S/C59H54N3O.Pt/c1-37-18-27-53(50(31-37)42-21-25-48(26-22-42)59(7,8)9)62-54-17-13-16-49(55(54)61-57(62)51-32-38(2)30-39(3)56(51)63)45-33-44(40-14-11-10-12-15-40)34-46(35-45)52-36-43(28-29-60-52)41-19-23-47(24-20-41)58(4,5)6;/h10-34,36,63H,1-9H3;/q-1;/i1D3,4D3,5D3,6D3;. The number of aromatic hydroxyl groups is 1. The van der Waals surface area contributed by atoms with Crippen LogP contribution in [-0.2, 0) is 31.9 Å². The summed E-state index contributed by atoms with van der Waals surface area (Å²) in [5.74, 6) is 0.491. The number of hydrogen-bond donors (Lipinski definition) is 1. The van der Waals surface area contributed by atoms with E-state index in [9.17, 15) is 5.11 Å². The molecule has 322 valence electrons. The zero-order valence-electron chi connectivity index (χ0n) is 48.1.